The third kappa shape index (κ3) is 7.13. The quantitative estimate of drug-likeness (QED) is 0.548. The predicted octanol–water partition coefficient (Wildman–Crippen LogP) is 5.24. The van der Waals surface area contributed by atoms with Crippen LogP contribution in [0.4, 0.5) is 5.69 Å². The number of ether oxygens (including phenoxy) is 1. The first-order chi connectivity index (χ1) is 14.4. The lowest BCUT2D eigenvalue weighted by Crippen LogP contribution is -2.36. The van der Waals surface area contributed by atoms with Gasteiger partial charge >= 0.3 is 5.97 Å². The van der Waals surface area contributed by atoms with Crippen LogP contribution in [0.2, 0.25) is 15.1 Å². The Kier molecular flexibility index (Phi) is 8.34. The summed E-state index contributed by atoms with van der Waals surface area (Å²) >= 11 is 17.9. The molecule has 0 aliphatic heterocycles. The molecule has 0 aliphatic rings. The van der Waals surface area contributed by atoms with Gasteiger partial charge in [-0.15, -0.1) is 0 Å². The second-order valence-corrected chi connectivity index (χ2v) is 9.13. The van der Waals surface area contributed by atoms with E-state index in [9.17, 15) is 14.4 Å². The number of rotatable bonds is 6. The van der Waals surface area contributed by atoms with Crippen molar-refractivity contribution >= 4 is 58.3 Å². The highest BCUT2D eigenvalue weighted by molar-refractivity contribution is 6.42. The third-order valence-corrected chi connectivity index (χ3v) is 5.15. The van der Waals surface area contributed by atoms with E-state index in [1.807, 2.05) is 12.1 Å². The lowest BCUT2D eigenvalue weighted by Gasteiger charge is -2.19. The van der Waals surface area contributed by atoms with Crippen molar-refractivity contribution in [1.29, 1.82) is 0 Å². The molecule has 1 unspecified atom stereocenters. The molecule has 0 saturated carbocycles. The van der Waals surface area contributed by atoms with Crippen molar-refractivity contribution < 1.29 is 19.1 Å². The Hall–Kier alpha value is -2.28. The number of hydrogen-bond donors (Lipinski definition) is 2. The highest BCUT2D eigenvalue weighted by Gasteiger charge is 2.21. The summed E-state index contributed by atoms with van der Waals surface area (Å²) in [5.74, 6) is -1.83. The van der Waals surface area contributed by atoms with Crippen molar-refractivity contribution in [2.75, 3.05) is 11.9 Å². The summed E-state index contributed by atoms with van der Waals surface area (Å²) in [6.45, 7) is 7.22. The van der Waals surface area contributed by atoms with Gasteiger partial charge in [-0.05, 0) is 42.2 Å². The molecule has 2 rings (SSSR count). The fourth-order valence-electron chi connectivity index (χ4n) is 2.55. The Balaban J connectivity index is 1.88. The van der Waals surface area contributed by atoms with E-state index in [1.165, 1.54) is 19.1 Å². The zero-order valence-electron chi connectivity index (χ0n) is 17.5. The highest BCUT2D eigenvalue weighted by Crippen LogP contribution is 2.33. The molecule has 0 fully saturated rings. The van der Waals surface area contributed by atoms with Crippen molar-refractivity contribution in [1.82, 2.24) is 5.32 Å². The Morgan fingerprint density at radius 3 is 2.06 bits per heavy atom. The Morgan fingerprint density at radius 2 is 1.55 bits per heavy atom. The van der Waals surface area contributed by atoms with Crippen LogP contribution in [0.3, 0.4) is 0 Å². The van der Waals surface area contributed by atoms with E-state index in [1.54, 1.807) is 12.1 Å². The molecule has 2 aromatic carbocycles. The van der Waals surface area contributed by atoms with Gasteiger partial charge in [0.05, 0.1) is 15.7 Å². The van der Waals surface area contributed by atoms with E-state index in [0.717, 1.165) is 5.56 Å². The fourth-order valence-corrected chi connectivity index (χ4v) is 3.47. The van der Waals surface area contributed by atoms with Crippen LogP contribution >= 0.6 is 34.8 Å². The largest absolute Gasteiger partial charge is 0.451 e. The van der Waals surface area contributed by atoms with Gasteiger partial charge in [0.15, 0.2) is 6.10 Å². The van der Waals surface area contributed by atoms with Crippen LogP contribution in [0.1, 0.15) is 43.6 Å². The standard InChI is InChI=1S/C22H23Cl3N2O4/c1-12(20(29)27-19-16(24)9-15(23)10-17(19)25)31-18(28)11-26-21(30)13-5-7-14(8-6-13)22(2,3)4/h5-10,12H,11H2,1-4H3,(H,26,30)(H,27,29). The molecule has 0 radical (unpaired) electrons. The van der Waals surface area contributed by atoms with Crippen LogP contribution in [0.15, 0.2) is 36.4 Å². The van der Waals surface area contributed by atoms with Crippen molar-refractivity contribution in [2.45, 2.75) is 39.2 Å². The molecule has 2 amide bonds. The Bertz CT molecular complexity index is 962. The van der Waals surface area contributed by atoms with Crippen LogP contribution in [0.5, 0.6) is 0 Å². The van der Waals surface area contributed by atoms with Crippen LogP contribution in [-0.2, 0) is 19.7 Å². The molecule has 31 heavy (non-hydrogen) atoms. The summed E-state index contributed by atoms with van der Waals surface area (Å²) in [4.78, 5) is 36.5. The maximum atomic E-state index is 12.3. The zero-order chi connectivity index (χ0) is 23.3. The van der Waals surface area contributed by atoms with Gasteiger partial charge in [-0.25, -0.2) is 0 Å². The number of halogens is 3. The maximum Gasteiger partial charge on any atom is 0.326 e. The molecule has 0 bridgehead atoms. The summed E-state index contributed by atoms with van der Waals surface area (Å²) in [5.41, 5.74) is 1.63. The maximum absolute atomic E-state index is 12.3. The van der Waals surface area contributed by atoms with E-state index < -0.39 is 23.9 Å². The van der Waals surface area contributed by atoms with Crippen molar-refractivity contribution in [2.24, 2.45) is 0 Å². The van der Waals surface area contributed by atoms with Crippen molar-refractivity contribution in [3.63, 3.8) is 0 Å². The number of hydrogen-bond acceptors (Lipinski definition) is 4. The summed E-state index contributed by atoms with van der Waals surface area (Å²) in [6, 6.07) is 9.96. The lowest BCUT2D eigenvalue weighted by atomic mass is 9.87. The normalized spacial score (nSPS) is 12.1. The third-order valence-electron chi connectivity index (χ3n) is 4.34. The fraction of sp³-hybridized carbons (Fsp3) is 0.318. The topological polar surface area (TPSA) is 84.5 Å². The second kappa shape index (κ2) is 10.4. The molecule has 0 heterocycles. The SMILES string of the molecule is CC(OC(=O)CNC(=O)c1ccc(C(C)(C)C)cc1)C(=O)Nc1c(Cl)cc(Cl)cc1Cl. The number of esters is 1. The summed E-state index contributed by atoms with van der Waals surface area (Å²) in [7, 11) is 0. The first-order valence-corrected chi connectivity index (χ1v) is 10.6. The van der Waals surface area contributed by atoms with Gasteiger partial charge in [0.25, 0.3) is 11.8 Å². The van der Waals surface area contributed by atoms with Crippen molar-refractivity contribution in [3.05, 3.63) is 62.6 Å². The zero-order valence-corrected chi connectivity index (χ0v) is 19.8. The average Bonchev–Trinajstić information content (AvgIpc) is 2.68. The van der Waals surface area contributed by atoms with Gasteiger partial charge in [0.1, 0.15) is 6.54 Å². The average molecular weight is 486 g/mol. The predicted molar refractivity (Wildman–Crippen MR) is 123 cm³/mol. The molecule has 0 aliphatic carbocycles. The molecule has 1 atom stereocenters. The highest BCUT2D eigenvalue weighted by atomic mass is 35.5. The van der Waals surface area contributed by atoms with Gasteiger partial charge in [0, 0.05) is 10.6 Å². The molecule has 0 saturated heterocycles. The minimum Gasteiger partial charge on any atom is -0.451 e. The Morgan fingerprint density at radius 1 is 1.00 bits per heavy atom. The molecule has 0 spiro atoms. The molecule has 9 heteroatoms. The van der Waals surface area contributed by atoms with Crippen LogP contribution in [0.25, 0.3) is 0 Å². The van der Waals surface area contributed by atoms with Gasteiger partial charge in [0.2, 0.25) is 0 Å². The van der Waals surface area contributed by atoms with Gasteiger partial charge in [-0.1, -0.05) is 67.7 Å². The summed E-state index contributed by atoms with van der Waals surface area (Å²) in [6.07, 6.45) is -1.14. The van der Waals surface area contributed by atoms with Crippen molar-refractivity contribution in [3.8, 4) is 0 Å². The molecular weight excluding hydrogens is 463 g/mol. The molecular formula is C22H23Cl3N2O4. The molecule has 2 aromatic rings. The van der Waals surface area contributed by atoms with Gasteiger partial charge in [-0.3, -0.25) is 14.4 Å². The van der Waals surface area contributed by atoms with E-state index >= 15 is 0 Å². The van der Waals surface area contributed by atoms with E-state index in [4.69, 9.17) is 39.5 Å². The van der Waals surface area contributed by atoms with Crippen LogP contribution in [0, 0.1) is 0 Å². The van der Waals surface area contributed by atoms with Crippen LogP contribution in [-0.4, -0.2) is 30.4 Å². The first kappa shape index (κ1) is 25.0. The number of carbonyl (C=O) groups is 3. The number of benzene rings is 2. The van der Waals surface area contributed by atoms with E-state index in [2.05, 4.69) is 31.4 Å². The monoisotopic (exact) mass is 484 g/mol. The number of carbonyl (C=O) groups excluding carboxylic acids is 3. The number of nitrogens with one attached hydrogen (secondary N) is 2. The molecule has 166 valence electrons. The minimum atomic E-state index is -1.14. The summed E-state index contributed by atoms with van der Waals surface area (Å²) < 4.78 is 5.06. The Labute approximate surface area is 196 Å². The van der Waals surface area contributed by atoms with E-state index in [0.29, 0.717) is 10.6 Å². The number of anilines is 1. The first-order valence-electron chi connectivity index (χ1n) is 9.42. The van der Waals surface area contributed by atoms with Crippen LogP contribution < -0.4 is 10.6 Å². The molecule has 6 nitrogen and oxygen atoms in total. The molecule has 0 aromatic heterocycles. The summed E-state index contributed by atoms with van der Waals surface area (Å²) in [5, 5.41) is 5.58. The lowest BCUT2D eigenvalue weighted by molar-refractivity contribution is -0.152. The van der Waals surface area contributed by atoms with Gasteiger partial charge < -0.3 is 15.4 Å². The second-order valence-electron chi connectivity index (χ2n) is 7.88. The van der Waals surface area contributed by atoms with Gasteiger partial charge in [-0.2, -0.15) is 0 Å². The minimum absolute atomic E-state index is 0.0318. The smallest absolute Gasteiger partial charge is 0.326 e. The number of amides is 2. The van der Waals surface area contributed by atoms with E-state index in [-0.39, 0.29) is 27.7 Å². The molecule has 2 N–H and O–H groups in total.